The van der Waals surface area contributed by atoms with Gasteiger partial charge in [0, 0.05) is 30.6 Å². The number of fused-ring (bicyclic) bond motifs is 1. The highest BCUT2D eigenvalue weighted by molar-refractivity contribution is 7.90. The lowest BCUT2D eigenvalue weighted by Gasteiger charge is -2.13. The number of rotatable bonds is 7. The van der Waals surface area contributed by atoms with Gasteiger partial charge in [0.15, 0.2) is 9.84 Å². The van der Waals surface area contributed by atoms with E-state index < -0.39 is 9.84 Å². The zero-order chi connectivity index (χ0) is 23.4. The number of nitrogens with one attached hydrogen (secondary N) is 1. The number of hydrogen-bond donors (Lipinski definition) is 1. The van der Waals surface area contributed by atoms with Crippen molar-refractivity contribution in [3.8, 4) is 16.9 Å². The summed E-state index contributed by atoms with van der Waals surface area (Å²) in [6, 6.07) is 20.3. The molecule has 3 aromatic carbocycles. The summed E-state index contributed by atoms with van der Waals surface area (Å²) >= 11 is 0. The lowest BCUT2D eigenvalue weighted by atomic mass is 9.96. The molecule has 0 spiro atoms. The zero-order valence-corrected chi connectivity index (χ0v) is 19.2. The summed E-state index contributed by atoms with van der Waals surface area (Å²) in [6.45, 7) is 0.338. The quantitative estimate of drug-likeness (QED) is 0.447. The number of nitrogens with zero attached hydrogens (tertiary/aromatic N) is 1. The van der Waals surface area contributed by atoms with Crippen LogP contribution in [0.1, 0.15) is 11.1 Å². The summed E-state index contributed by atoms with van der Waals surface area (Å²) in [4.78, 5) is 17.0. The largest absolute Gasteiger partial charge is 0.497 e. The molecule has 0 unspecified atom stereocenters. The van der Waals surface area contributed by atoms with Crippen LogP contribution in [0, 0.1) is 0 Å². The highest BCUT2D eigenvalue weighted by Gasteiger charge is 2.12. The Morgan fingerprint density at radius 3 is 2.61 bits per heavy atom. The van der Waals surface area contributed by atoms with Crippen molar-refractivity contribution < 1.29 is 17.9 Å². The van der Waals surface area contributed by atoms with Crippen LogP contribution in [-0.4, -0.2) is 32.7 Å². The predicted octanol–water partition coefficient (Wildman–Crippen LogP) is 4.17. The average Bonchev–Trinajstić information content (AvgIpc) is 2.82. The van der Waals surface area contributed by atoms with E-state index in [2.05, 4.69) is 10.3 Å². The average molecular weight is 461 g/mol. The third kappa shape index (κ3) is 5.21. The number of hydrogen-bond acceptors (Lipinski definition) is 5. The predicted molar refractivity (Wildman–Crippen MR) is 129 cm³/mol. The molecule has 0 fully saturated rings. The van der Waals surface area contributed by atoms with Crippen LogP contribution in [0.25, 0.3) is 21.9 Å². The first kappa shape index (κ1) is 22.5. The Labute approximate surface area is 193 Å². The number of amides is 1. The summed E-state index contributed by atoms with van der Waals surface area (Å²) in [5.41, 5.74) is 3.68. The highest BCUT2D eigenvalue weighted by atomic mass is 32.2. The van der Waals surface area contributed by atoms with Gasteiger partial charge in [0.05, 0.1) is 18.4 Å². The number of aromatic nitrogens is 1. The van der Waals surface area contributed by atoms with Crippen LogP contribution in [-0.2, 0) is 27.6 Å². The van der Waals surface area contributed by atoms with Crippen molar-refractivity contribution in [3.63, 3.8) is 0 Å². The normalized spacial score (nSPS) is 11.3. The lowest BCUT2D eigenvalue weighted by Crippen LogP contribution is -2.24. The van der Waals surface area contributed by atoms with Crippen LogP contribution in [0.5, 0.6) is 5.75 Å². The summed E-state index contributed by atoms with van der Waals surface area (Å²) in [5.74, 6) is 0.598. The van der Waals surface area contributed by atoms with Crippen molar-refractivity contribution in [2.45, 2.75) is 17.9 Å². The standard InChI is InChI=1S/C26H24N2O4S/c1-32-21-7-4-6-19(15-21)23-10-9-20(25-17-27-12-11-24(23)25)16-28-26(29)14-18-5-3-8-22(13-18)33(2,30)31/h3-13,15,17H,14,16H2,1-2H3,(H,28,29). The van der Waals surface area contributed by atoms with Gasteiger partial charge in [0.2, 0.25) is 5.91 Å². The molecule has 0 aliphatic rings. The van der Waals surface area contributed by atoms with E-state index in [1.807, 2.05) is 42.5 Å². The fourth-order valence-corrected chi connectivity index (χ4v) is 4.46. The minimum absolute atomic E-state index is 0.0986. The number of benzene rings is 3. The molecule has 0 aliphatic heterocycles. The Kier molecular flexibility index (Phi) is 6.42. The third-order valence-electron chi connectivity index (χ3n) is 5.46. The molecular formula is C26H24N2O4S. The number of carbonyl (C=O) groups is 1. The molecule has 0 atom stereocenters. The Hall–Kier alpha value is -3.71. The molecule has 0 bridgehead atoms. The van der Waals surface area contributed by atoms with Gasteiger partial charge in [-0.3, -0.25) is 9.78 Å². The number of pyridine rings is 1. The molecule has 0 saturated carbocycles. The second-order valence-corrected chi connectivity index (χ2v) is 9.81. The molecule has 6 nitrogen and oxygen atoms in total. The smallest absolute Gasteiger partial charge is 0.224 e. The van der Waals surface area contributed by atoms with E-state index in [1.165, 1.54) is 12.1 Å². The zero-order valence-electron chi connectivity index (χ0n) is 18.4. The van der Waals surface area contributed by atoms with Gasteiger partial charge in [-0.2, -0.15) is 0 Å². The first-order valence-electron chi connectivity index (χ1n) is 10.4. The Morgan fingerprint density at radius 2 is 1.82 bits per heavy atom. The maximum Gasteiger partial charge on any atom is 0.224 e. The van der Waals surface area contributed by atoms with Crippen molar-refractivity contribution in [2.24, 2.45) is 0 Å². The Bertz CT molecular complexity index is 1430. The number of carbonyl (C=O) groups excluding carboxylic acids is 1. The topological polar surface area (TPSA) is 85.4 Å². The fraction of sp³-hybridized carbons (Fsp3) is 0.154. The summed E-state index contributed by atoms with van der Waals surface area (Å²) in [5, 5.41) is 4.93. The minimum Gasteiger partial charge on any atom is -0.497 e. The van der Waals surface area contributed by atoms with E-state index in [9.17, 15) is 13.2 Å². The van der Waals surface area contributed by atoms with Gasteiger partial charge in [-0.25, -0.2) is 8.42 Å². The van der Waals surface area contributed by atoms with Gasteiger partial charge >= 0.3 is 0 Å². The van der Waals surface area contributed by atoms with Crippen molar-refractivity contribution >= 4 is 26.5 Å². The molecule has 4 aromatic rings. The van der Waals surface area contributed by atoms with E-state index in [0.29, 0.717) is 12.1 Å². The summed E-state index contributed by atoms with van der Waals surface area (Å²) in [6.07, 6.45) is 4.81. The van der Waals surface area contributed by atoms with Crippen LogP contribution >= 0.6 is 0 Å². The molecule has 168 valence electrons. The van der Waals surface area contributed by atoms with Crippen molar-refractivity contribution in [3.05, 3.63) is 90.3 Å². The van der Waals surface area contributed by atoms with Gasteiger partial charge in [0.1, 0.15) is 5.75 Å². The van der Waals surface area contributed by atoms with E-state index >= 15 is 0 Å². The van der Waals surface area contributed by atoms with Crippen molar-refractivity contribution in [1.29, 1.82) is 0 Å². The number of sulfone groups is 1. The number of methoxy groups -OCH3 is 1. The van der Waals surface area contributed by atoms with Gasteiger partial charge in [-0.1, -0.05) is 36.4 Å². The van der Waals surface area contributed by atoms with Crippen molar-refractivity contribution in [1.82, 2.24) is 10.3 Å². The van der Waals surface area contributed by atoms with E-state index in [-0.39, 0.29) is 17.2 Å². The maximum absolute atomic E-state index is 12.6. The molecular weight excluding hydrogens is 436 g/mol. The molecule has 1 aromatic heterocycles. The highest BCUT2D eigenvalue weighted by Crippen LogP contribution is 2.32. The molecule has 33 heavy (non-hydrogen) atoms. The molecule has 0 radical (unpaired) electrons. The third-order valence-corrected chi connectivity index (χ3v) is 6.57. The lowest BCUT2D eigenvalue weighted by molar-refractivity contribution is -0.120. The van der Waals surface area contributed by atoms with Gasteiger partial charge in [-0.15, -0.1) is 0 Å². The molecule has 0 aliphatic carbocycles. The molecule has 1 amide bonds. The fourth-order valence-electron chi connectivity index (χ4n) is 3.77. The molecule has 4 rings (SSSR count). The molecule has 1 heterocycles. The van der Waals surface area contributed by atoms with E-state index in [0.717, 1.165) is 39.5 Å². The second kappa shape index (κ2) is 9.42. The SMILES string of the molecule is COc1cccc(-c2ccc(CNC(=O)Cc3cccc(S(C)(=O)=O)c3)c3cnccc23)c1. The second-order valence-electron chi connectivity index (χ2n) is 7.80. The summed E-state index contributed by atoms with van der Waals surface area (Å²) < 4.78 is 28.9. The molecule has 0 saturated heterocycles. The minimum atomic E-state index is -3.32. The monoisotopic (exact) mass is 460 g/mol. The van der Waals surface area contributed by atoms with Crippen LogP contribution in [0.2, 0.25) is 0 Å². The van der Waals surface area contributed by atoms with Crippen LogP contribution < -0.4 is 10.1 Å². The molecule has 1 N–H and O–H groups in total. The van der Waals surface area contributed by atoms with Crippen LogP contribution in [0.3, 0.4) is 0 Å². The maximum atomic E-state index is 12.6. The van der Waals surface area contributed by atoms with Crippen LogP contribution in [0.15, 0.2) is 84.0 Å². The first-order chi connectivity index (χ1) is 15.8. The Morgan fingerprint density at radius 1 is 1.00 bits per heavy atom. The van der Waals surface area contributed by atoms with Gasteiger partial charge in [-0.05, 0) is 58.0 Å². The van der Waals surface area contributed by atoms with E-state index in [4.69, 9.17) is 4.74 Å². The summed E-state index contributed by atoms with van der Waals surface area (Å²) in [7, 11) is -1.68. The van der Waals surface area contributed by atoms with Gasteiger partial charge < -0.3 is 10.1 Å². The van der Waals surface area contributed by atoms with Crippen LogP contribution in [0.4, 0.5) is 0 Å². The van der Waals surface area contributed by atoms with Gasteiger partial charge in [0.25, 0.3) is 0 Å². The van der Waals surface area contributed by atoms with Crippen molar-refractivity contribution in [2.75, 3.05) is 13.4 Å². The Balaban J connectivity index is 1.55. The molecule has 7 heteroatoms. The van der Waals surface area contributed by atoms with E-state index in [1.54, 1.807) is 31.6 Å². The number of ether oxygens (including phenoxy) is 1. The first-order valence-corrected chi connectivity index (χ1v) is 12.3.